The molecule has 0 aliphatic carbocycles. The molecule has 1 N–H and O–H groups in total. The topological polar surface area (TPSA) is 72.7 Å². The second-order valence-corrected chi connectivity index (χ2v) is 6.19. The third-order valence-electron chi connectivity index (χ3n) is 3.51. The van der Waals surface area contributed by atoms with Crippen molar-refractivity contribution in [2.45, 2.75) is 26.7 Å². The summed E-state index contributed by atoms with van der Waals surface area (Å²) >= 11 is 1.69. The summed E-state index contributed by atoms with van der Waals surface area (Å²) in [6.07, 6.45) is 7.91. The van der Waals surface area contributed by atoms with Gasteiger partial charge in [0.25, 0.3) is 0 Å². The average Bonchev–Trinajstić information content (AvgIpc) is 3.14. The van der Waals surface area contributed by atoms with Crippen LogP contribution in [0.25, 0.3) is 5.95 Å². The Bertz CT molecular complexity index is 806. The smallest absolute Gasteiger partial charge is 0.235 e. The molecule has 23 heavy (non-hydrogen) atoms. The molecule has 0 atom stereocenters. The summed E-state index contributed by atoms with van der Waals surface area (Å²) in [7, 11) is 0. The van der Waals surface area contributed by atoms with Gasteiger partial charge in [0.05, 0.1) is 18.1 Å². The number of aromatic nitrogens is 4. The van der Waals surface area contributed by atoms with Crippen molar-refractivity contribution in [3.8, 4) is 5.95 Å². The van der Waals surface area contributed by atoms with E-state index in [1.54, 1.807) is 40.7 Å². The van der Waals surface area contributed by atoms with Gasteiger partial charge in [-0.3, -0.25) is 9.36 Å². The van der Waals surface area contributed by atoms with Gasteiger partial charge in [0.2, 0.25) is 11.9 Å². The van der Waals surface area contributed by atoms with E-state index in [0.717, 1.165) is 12.2 Å². The van der Waals surface area contributed by atoms with Crippen LogP contribution >= 0.6 is 11.3 Å². The number of nitrogens with one attached hydrogen (secondary N) is 1. The molecule has 0 bridgehead atoms. The van der Waals surface area contributed by atoms with Crippen LogP contribution in [0.1, 0.15) is 22.7 Å². The van der Waals surface area contributed by atoms with Crippen molar-refractivity contribution in [3.05, 3.63) is 52.5 Å². The Balaban J connectivity index is 1.59. The van der Waals surface area contributed by atoms with Gasteiger partial charge in [-0.1, -0.05) is 0 Å². The molecular formula is C16H17N5OS. The molecule has 3 heterocycles. The summed E-state index contributed by atoms with van der Waals surface area (Å²) in [6.45, 7) is 3.94. The predicted octanol–water partition coefficient (Wildman–Crippen LogP) is 2.91. The lowest BCUT2D eigenvalue weighted by atomic mass is 10.2. The molecule has 3 rings (SSSR count). The van der Waals surface area contributed by atoms with Gasteiger partial charge in [0.15, 0.2) is 0 Å². The molecule has 0 saturated heterocycles. The first kappa shape index (κ1) is 15.4. The van der Waals surface area contributed by atoms with E-state index < -0.39 is 0 Å². The second-order valence-electron chi connectivity index (χ2n) is 5.19. The van der Waals surface area contributed by atoms with Crippen molar-refractivity contribution < 1.29 is 4.79 Å². The van der Waals surface area contributed by atoms with Gasteiger partial charge in [-0.15, -0.1) is 11.3 Å². The molecule has 0 radical (unpaired) electrons. The normalized spacial score (nSPS) is 10.7. The zero-order chi connectivity index (χ0) is 16.2. The van der Waals surface area contributed by atoms with E-state index in [4.69, 9.17) is 0 Å². The molecule has 0 aromatic carbocycles. The Labute approximate surface area is 138 Å². The number of thiophene rings is 1. The molecule has 0 saturated carbocycles. The van der Waals surface area contributed by atoms with Crippen LogP contribution in [0.3, 0.4) is 0 Å². The molecule has 0 aliphatic heterocycles. The van der Waals surface area contributed by atoms with Crippen LogP contribution in [0, 0.1) is 13.8 Å². The van der Waals surface area contributed by atoms with Crippen LogP contribution in [0.15, 0.2) is 36.2 Å². The fourth-order valence-corrected chi connectivity index (χ4v) is 3.12. The summed E-state index contributed by atoms with van der Waals surface area (Å²) in [4.78, 5) is 25.9. The Hall–Kier alpha value is -2.54. The quantitative estimate of drug-likeness (QED) is 0.782. The number of hydrogen-bond donors (Lipinski definition) is 1. The van der Waals surface area contributed by atoms with E-state index in [9.17, 15) is 4.79 Å². The number of carbonyl (C=O) groups is 1. The van der Waals surface area contributed by atoms with Crippen molar-refractivity contribution in [2.75, 3.05) is 5.32 Å². The third-order valence-corrected chi connectivity index (χ3v) is 4.59. The molecule has 3 aromatic heterocycles. The Morgan fingerprint density at radius 2 is 2.04 bits per heavy atom. The fraction of sp³-hybridized carbons (Fsp3) is 0.250. The van der Waals surface area contributed by atoms with Gasteiger partial charge in [-0.25, -0.2) is 15.0 Å². The Kier molecular flexibility index (Phi) is 4.47. The lowest BCUT2D eigenvalue weighted by molar-refractivity contribution is -0.116. The van der Waals surface area contributed by atoms with E-state index in [2.05, 4.69) is 33.3 Å². The minimum absolute atomic E-state index is 0.0343. The average molecular weight is 327 g/mol. The first-order chi connectivity index (χ1) is 11.1. The Morgan fingerprint density at radius 1 is 1.26 bits per heavy atom. The molecule has 6 nitrogen and oxygen atoms in total. The molecule has 1 amide bonds. The molecule has 0 unspecified atom stereocenters. The number of hydrogen-bond acceptors (Lipinski definition) is 5. The van der Waals surface area contributed by atoms with Crippen LogP contribution in [0.5, 0.6) is 0 Å². The first-order valence-corrected chi connectivity index (χ1v) is 8.16. The van der Waals surface area contributed by atoms with Crippen LogP contribution in [0.2, 0.25) is 0 Å². The highest BCUT2D eigenvalue weighted by atomic mass is 32.1. The zero-order valence-corrected chi connectivity index (χ0v) is 13.8. The maximum absolute atomic E-state index is 12.0. The highest BCUT2D eigenvalue weighted by Gasteiger charge is 2.08. The maximum atomic E-state index is 12.0. The maximum Gasteiger partial charge on any atom is 0.235 e. The first-order valence-electron chi connectivity index (χ1n) is 7.28. The molecule has 0 fully saturated rings. The van der Waals surface area contributed by atoms with Gasteiger partial charge in [-0.2, -0.15) is 0 Å². The van der Waals surface area contributed by atoms with E-state index in [1.165, 1.54) is 10.4 Å². The van der Waals surface area contributed by atoms with Crippen molar-refractivity contribution in [1.29, 1.82) is 0 Å². The predicted molar refractivity (Wildman–Crippen MR) is 89.9 cm³/mol. The molecule has 118 valence electrons. The van der Waals surface area contributed by atoms with Crippen molar-refractivity contribution >= 4 is 22.9 Å². The van der Waals surface area contributed by atoms with Crippen LogP contribution < -0.4 is 5.32 Å². The fourth-order valence-electron chi connectivity index (χ4n) is 2.21. The highest BCUT2D eigenvalue weighted by molar-refractivity contribution is 7.10. The van der Waals surface area contributed by atoms with Crippen LogP contribution in [-0.4, -0.2) is 25.4 Å². The van der Waals surface area contributed by atoms with Gasteiger partial charge in [-0.05, 0) is 37.3 Å². The number of imidazole rings is 1. The summed E-state index contributed by atoms with van der Waals surface area (Å²) in [5, 5.41) is 4.88. The summed E-state index contributed by atoms with van der Waals surface area (Å²) in [6, 6.07) is 2.07. The summed E-state index contributed by atoms with van der Waals surface area (Å²) in [5.74, 6) is 1.31. The largest absolute Gasteiger partial charge is 0.323 e. The number of aryl methyl sites for hydroxylation is 3. The summed E-state index contributed by atoms with van der Waals surface area (Å²) in [5.41, 5.74) is 1.84. The molecule has 7 heteroatoms. The van der Waals surface area contributed by atoms with Crippen molar-refractivity contribution in [1.82, 2.24) is 19.5 Å². The number of amides is 1. The molecular weight excluding hydrogens is 310 g/mol. The molecule has 0 aliphatic rings. The minimum Gasteiger partial charge on any atom is -0.323 e. The van der Waals surface area contributed by atoms with Gasteiger partial charge >= 0.3 is 0 Å². The van der Waals surface area contributed by atoms with Crippen molar-refractivity contribution in [2.24, 2.45) is 0 Å². The van der Waals surface area contributed by atoms with E-state index in [-0.39, 0.29) is 5.91 Å². The number of carbonyl (C=O) groups excluding carboxylic acids is 1. The standard InChI is InChI=1S/C16H17N5OS/c1-11-5-8-23-14(11)3-4-15(22)20-13-9-18-16(19-10-13)21-7-6-17-12(21)2/h5-10H,3-4H2,1-2H3,(H,20,22). The lowest BCUT2D eigenvalue weighted by Gasteiger charge is -2.06. The number of rotatable bonds is 5. The van der Waals surface area contributed by atoms with Crippen LogP contribution in [-0.2, 0) is 11.2 Å². The van der Waals surface area contributed by atoms with Gasteiger partial charge in [0, 0.05) is 23.7 Å². The highest BCUT2D eigenvalue weighted by Crippen LogP contribution is 2.17. The van der Waals surface area contributed by atoms with Crippen LogP contribution in [0.4, 0.5) is 5.69 Å². The summed E-state index contributed by atoms with van der Waals surface area (Å²) < 4.78 is 1.78. The molecule has 0 spiro atoms. The minimum atomic E-state index is -0.0343. The van der Waals surface area contributed by atoms with Crippen molar-refractivity contribution in [3.63, 3.8) is 0 Å². The lowest BCUT2D eigenvalue weighted by Crippen LogP contribution is -2.13. The number of anilines is 1. The molecule has 3 aromatic rings. The SMILES string of the molecule is Cc1ccsc1CCC(=O)Nc1cnc(-n2ccnc2C)nc1. The van der Waals surface area contributed by atoms with E-state index in [1.807, 2.05) is 12.3 Å². The third kappa shape index (κ3) is 3.62. The van der Waals surface area contributed by atoms with Gasteiger partial charge < -0.3 is 5.32 Å². The Morgan fingerprint density at radius 3 is 2.65 bits per heavy atom. The second kappa shape index (κ2) is 6.70. The monoisotopic (exact) mass is 327 g/mol. The van der Waals surface area contributed by atoms with E-state index >= 15 is 0 Å². The van der Waals surface area contributed by atoms with E-state index in [0.29, 0.717) is 18.1 Å². The zero-order valence-electron chi connectivity index (χ0n) is 13.0. The number of nitrogens with zero attached hydrogens (tertiary/aromatic N) is 4. The van der Waals surface area contributed by atoms with Gasteiger partial charge in [0.1, 0.15) is 5.82 Å².